The molecule has 1 saturated heterocycles. The van der Waals surface area contributed by atoms with E-state index in [4.69, 9.17) is 5.26 Å². The highest BCUT2D eigenvalue weighted by Gasteiger charge is 2.19. The maximum atomic E-state index is 8.87. The fourth-order valence-corrected chi connectivity index (χ4v) is 3.35. The number of hydrogen-bond donors (Lipinski definition) is 2. The number of nitriles is 1. The first kappa shape index (κ1) is 22.2. The number of nitrogens with one attached hydrogen (secondary N) is 2. The van der Waals surface area contributed by atoms with Gasteiger partial charge in [-0.3, -0.25) is 9.89 Å². The van der Waals surface area contributed by atoms with Gasteiger partial charge in [-0.05, 0) is 36.1 Å². The van der Waals surface area contributed by atoms with Gasteiger partial charge in [0.1, 0.15) is 0 Å². The van der Waals surface area contributed by atoms with Crippen LogP contribution in [0.4, 0.5) is 0 Å². The van der Waals surface area contributed by atoms with Crippen molar-refractivity contribution in [3.63, 3.8) is 0 Å². The Hall–Kier alpha value is -2.11. The molecule has 2 aromatic carbocycles. The number of halogens is 1. The third-order valence-electron chi connectivity index (χ3n) is 4.94. The highest BCUT2D eigenvalue weighted by molar-refractivity contribution is 14.0. The standard InChI is InChI=1S/C22H27N5.HI/c1-24-22(25-16-19-9-7-18(15-23)8-10-19)26-21-11-13-27(14-12-21)17-20-5-3-2-4-6-20;/h2-10,21H,11-14,16-17H2,1H3,(H2,24,25,26);1H. The van der Waals surface area contributed by atoms with E-state index in [-0.39, 0.29) is 24.0 Å². The van der Waals surface area contributed by atoms with Crippen molar-refractivity contribution in [1.82, 2.24) is 15.5 Å². The zero-order valence-electron chi connectivity index (χ0n) is 16.3. The summed E-state index contributed by atoms with van der Waals surface area (Å²) in [5, 5.41) is 15.8. The van der Waals surface area contributed by atoms with Crippen LogP contribution in [0.2, 0.25) is 0 Å². The Morgan fingerprint density at radius 1 is 1.07 bits per heavy atom. The normalized spacial score (nSPS) is 15.4. The van der Waals surface area contributed by atoms with Gasteiger partial charge in [-0.15, -0.1) is 24.0 Å². The minimum Gasteiger partial charge on any atom is -0.354 e. The summed E-state index contributed by atoms with van der Waals surface area (Å²) in [5.74, 6) is 0.834. The summed E-state index contributed by atoms with van der Waals surface area (Å²) in [6, 6.07) is 20.9. The van der Waals surface area contributed by atoms with Crippen molar-refractivity contribution in [2.45, 2.75) is 32.0 Å². The van der Waals surface area contributed by atoms with E-state index >= 15 is 0 Å². The monoisotopic (exact) mass is 489 g/mol. The van der Waals surface area contributed by atoms with Gasteiger partial charge >= 0.3 is 0 Å². The predicted octanol–water partition coefficient (Wildman–Crippen LogP) is 3.51. The average Bonchev–Trinajstić information content (AvgIpc) is 2.73. The first-order chi connectivity index (χ1) is 13.3. The molecule has 28 heavy (non-hydrogen) atoms. The van der Waals surface area contributed by atoms with Gasteiger partial charge in [0.25, 0.3) is 0 Å². The fourth-order valence-electron chi connectivity index (χ4n) is 3.35. The average molecular weight is 489 g/mol. The van der Waals surface area contributed by atoms with Gasteiger partial charge in [0.05, 0.1) is 11.6 Å². The topological polar surface area (TPSA) is 63.5 Å². The Morgan fingerprint density at radius 3 is 2.36 bits per heavy atom. The van der Waals surface area contributed by atoms with Gasteiger partial charge in [0.2, 0.25) is 0 Å². The molecule has 0 amide bonds. The van der Waals surface area contributed by atoms with Crippen LogP contribution in [0.15, 0.2) is 59.6 Å². The van der Waals surface area contributed by atoms with Crippen LogP contribution in [0.25, 0.3) is 0 Å². The predicted molar refractivity (Wildman–Crippen MR) is 125 cm³/mol. The van der Waals surface area contributed by atoms with Gasteiger partial charge in [-0.2, -0.15) is 5.26 Å². The summed E-state index contributed by atoms with van der Waals surface area (Å²) in [6.07, 6.45) is 2.23. The smallest absolute Gasteiger partial charge is 0.191 e. The Morgan fingerprint density at radius 2 is 1.75 bits per heavy atom. The zero-order valence-corrected chi connectivity index (χ0v) is 18.6. The van der Waals surface area contributed by atoms with Crippen molar-refractivity contribution in [3.05, 3.63) is 71.3 Å². The SMILES string of the molecule is CN=C(NCc1ccc(C#N)cc1)NC1CCN(Cc2ccccc2)CC1.I. The zero-order chi connectivity index (χ0) is 18.9. The Kier molecular flexibility index (Phi) is 9.24. The van der Waals surface area contributed by atoms with Crippen LogP contribution in [0, 0.1) is 11.3 Å². The van der Waals surface area contributed by atoms with Gasteiger partial charge < -0.3 is 10.6 Å². The molecule has 1 aliphatic rings. The number of piperidine rings is 1. The van der Waals surface area contributed by atoms with Crippen LogP contribution >= 0.6 is 24.0 Å². The number of aliphatic imine (C=N–C) groups is 1. The van der Waals surface area contributed by atoms with E-state index in [9.17, 15) is 0 Å². The summed E-state index contributed by atoms with van der Waals surface area (Å²) in [7, 11) is 1.80. The van der Waals surface area contributed by atoms with E-state index in [2.05, 4.69) is 56.9 Å². The molecule has 2 aromatic rings. The molecule has 2 N–H and O–H groups in total. The number of likely N-dealkylation sites (tertiary alicyclic amines) is 1. The van der Waals surface area contributed by atoms with Gasteiger partial charge in [0, 0.05) is 39.3 Å². The molecular weight excluding hydrogens is 461 g/mol. The van der Waals surface area contributed by atoms with Crippen LogP contribution in [0.1, 0.15) is 29.5 Å². The molecule has 0 spiro atoms. The Labute approximate surface area is 184 Å². The van der Waals surface area contributed by atoms with Gasteiger partial charge in [0.15, 0.2) is 5.96 Å². The van der Waals surface area contributed by atoms with Crippen molar-refractivity contribution < 1.29 is 0 Å². The lowest BCUT2D eigenvalue weighted by atomic mass is 10.0. The van der Waals surface area contributed by atoms with E-state index in [1.54, 1.807) is 7.05 Å². The quantitative estimate of drug-likeness (QED) is 0.384. The highest BCUT2D eigenvalue weighted by atomic mass is 127. The summed E-state index contributed by atoms with van der Waals surface area (Å²) in [6.45, 7) is 3.91. The third-order valence-corrected chi connectivity index (χ3v) is 4.94. The van der Waals surface area contributed by atoms with E-state index in [0.717, 1.165) is 44.0 Å². The van der Waals surface area contributed by atoms with E-state index in [1.165, 1.54) is 5.56 Å². The number of nitrogens with zero attached hydrogens (tertiary/aromatic N) is 3. The maximum Gasteiger partial charge on any atom is 0.191 e. The first-order valence-corrected chi connectivity index (χ1v) is 9.49. The largest absolute Gasteiger partial charge is 0.354 e. The molecule has 148 valence electrons. The number of benzene rings is 2. The molecule has 6 heteroatoms. The summed E-state index contributed by atoms with van der Waals surface area (Å²) >= 11 is 0. The molecule has 1 heterocycles. The minimum atomic E-state index is 0. The van der Waals surface area contributed by atoms with Crippen molar-refractivity contribution in [2.75, 3.05) is 20.1 Å². The maximum absolute atomic E-state index is 8.87. The van der Waals surface area contributed by atoms with Crippen LogP contribution in [-0.4, -0.2) is 37.0 Å². The van der Waals surface area contributed by atoms with Crippen molar-refractivity contribution in [2.24, 2.45) is 4.99 Å². The lowest BCUT2D eigenvalue weighted by Crippen LogP contribution is -2.48. The van der Waals surface area contributed by atoms with Crippen molar-refractivity contribution in [1.29, 1.82) is 5.26 Å². The van der Waals surface area contributed by atoms with Crippen LogP contribution in [-0.2, 0) is 13.1 Å². The fraction of sp³-hybridized carbons (Fsp3) is 0.364. The molecule has 0 atom stereocenters. The summed E-state index contributed by atoms with van der Waals surface area (Å²) in [5.41, 5.74) is 3.20. The van der Waals surface area contributed by atoms with E-state index in [1.807, 2.05) is 24.3 Å². The van der Waals surface area contributed by atoms with Crippen LogP contribution in [0.3, 0.4) is 0 Å². The summed E-state index contributed by atoms with van der Waals surface area (Å²) < 4.78 is 0. The Balaban J connectivity index is 0.00000280. The highest BCUT2D eigenvalue weighted by Crippen LogP contribution is 2.14. The van der Waals surface area contributed by atoms with Gasteiger partial charge in [-0.1, -0.05) is 42.5 Å². The number of hydrogen-bond acceptors (Lipinski definition) is 3. The van der Waals surface area contributed by atoms with Crippen molar-refractivity contribution in [3.8, 4) is 6.07 Å². The number of guanidine groups is 1. The minimum absolute atomic E-state index is 0. The lowest BCUT2D eigenvalue weighted by molar-refractivity contribution is 0.198. The molecule has 1 aliphatic heterocycles. The summed E-state index contributed by atoms with van der Waals surface area (Å²) in [4.78, 5) is 6.86. The van der Waals surface area contributed by atoms with E-state index in [0.29, 0.717) is 18.2 Å². The van der Waals surface area contributed by atoms with Gasteiger partial charge in [-0.25, -0.2) is 0 Å². The molecule has 5 nitrogen and oxygen atoms in total. The molecule has 3 rings (SSSR count). The molecule has 0 bridgehead atoms. The second-order valence-corrected chi connectivity index (χ2v) is 6.91. The lowest BCUT2D eigenvalue weighted by Gasteiger charge is -2.33. The van der Waals surface area contributed by atoms with E-state index < -0.39 is 0 Å². The molecule has 0 aromatic heterocycles. The molecule has 0 saturated carbocycles. The molecular formula is C22H28IN5. The molecule has 0 radical (unpaired) electrons. The second-order valence-electron chi connectivity index (χ2n) is 6.91. The first-order valence-electron chi connectivity index (χ1n) is 9.49. The third kappa shape index (κ3) is 6.80. The molecule has 1 fully saturated rings. The van der Waals surface area contributed by atoms with Crippen LogP contribution in [0.5, 0.6) is 0 Å². The molecule has 0 aliphatic carbocycles. The second kappa shape index (κ2) is 11.7. The number of rotatable bonds is 5. The van der Waals surface area contributed by atoms with Crippen molar-refractivity contribution >= 4 is 29.9 Å². The molecule has 0 unspecified atom stereocenters. The van der Waals surface area contributed by atoms with Crippen LogP contribution < -0.4 is 10.6 Å². The Bertz CT molecular complexity index is 775.